The lowest BCUT2D eigenvalue weighted by atomic mass is 10.1. The maximum Gasteiger partial charge on any atom is 0.253 e. The fourth-order valence-electron chi connectivity index (χ4n) is 2.70. The van der Waals surface area contributed by atoms with Crippen molar-refractivity contribution in [2.75, 3.05) is 6.54 Å². The summed E-state index contributed by atoms with van der Waals surface area (Å²) < 4.78 is 5.24. The Morgan fingerprint density at radius 1 is 1.08 bits per heavy atom. The van der Waals surface area contributed by atoms with Crippen LogP contribution in [0.4, 0.5) is 0 Å². The number of carbonyl (C=O) groups is 1. The van der Waals surface area contributed by atoms with Crippen molar-refractivity contribution < 1.29 is 9.32 Å². The van der Waals surface area contributed by atoms with E-state index in [1.807, 2.05) is 54.6 Å². The van der Waals surface area contributed by atoms with Crippen LogP contribution in [0.1, 0.15) is 16.2 Å². The summed E-state index contributed by atoms with van der Waals surface area (Å²) in [5.74, 6) is 0.928. The molecule has 0 saturated carbocycles. The molecule has 6 nitrogen and oxygen atoms in total. The van der Waals surface area contributed by atoms with Crippen molar-refractivity contribution in [2.24, 2.45) is 0 Å². The first-order valence-electron chi connectivity index (χ1n) is 8.03. The Kier molecular flexibility index (Phi) is 4.00. The highest BCUT2D eigenvalue weighted by molar-refractivity contribution is 6.06. The molecule has 2 N–H and O–H groups in total. The second-order valence-electron chi connectivity index (χ2n) is 5.63. The predicted octanol–water partition coefficient (Wildman–Crippen LogP) is 3.19. The number of aromatic amines is 1. The van der Waals surface area contributed by atoms with Gasteiger partial charge in [0, 0.05) is 35.6 Å². The maximum atomic E-state index is 12.3. The highest BCUT2D eigenvalue weighted by Gasteiger charge is 2.12. The Morgan fingerprint density at radius 2 is 1.88 bits per heavy atom. The van der Waals surface area contributed by atoms with Crippen molar-refractivity contribution in [3.8, 4) is 11.4 Å². The number of rotatable bonds is 5. The molecule has 0 unspecified atom stereocenters. The number of amides is 1. The standard InChI is InChI=1S/C19H16N4O2/c24-19(15-12-21-16-9-5-4-8-14(15)16)20-11-10-17-22-18(23-25-17)13-6-2-1-3-7-13/h1-9,12,21H,10-11H2,(H,20,24). The van der Waals surface area contributed by atoms with E-state index in [4.69, 9.17) is 4.52 Å². The molecule has 4 aromatic rings. The van der Waals surface area contributed by atoms with Crippen LogP contribution in [0.5, 0.6) is 0 Å². The van der Waals surface area contributed by atoms with Gasteiger partial charge in [0.25, 0.3) is 5.91 Å². The van der Waals surface area contributed by atoms with Crippen molar-refractivity contribution in [3.63, 3.8) is 0 Å². The van der Waals surface area contributed by atoms with Crippen molar-refractivity contribution in [1.29, 1.82) is 0 Å². The molecule has 124 valence electrons. The van der Waals surface area contributed by atoms with Crippen molar-refractivity contribution in [2.45, 2.75) is 6.42 Å². The number of fused-ring (bicyclic) bond motifs is 1. The Bertz CT molecular complexity index is 1000. The Morgan fingerprint density at radius 3 is 2.76 bits per heavy atom. The van der Waals surface area contributed by atoms with E-state index in [1.54, 1.807) is 6.20 Å². The van der Waals surface area contributed by atoms with Gasteiger partial charge in [-0.3, -0.25) is 4.79 Å². The van der Waals surface area contributed by atoms with Crippen molar-refractivity contribution in [1.82, 2.24) is 20.4 Å². The molecule has 0 bridgehead atoms. The summed E-state index contributed by atoms with van der Waals surface area (Å²) in [6.07, 6.45) is 2.20. The molecular weight excluding hydrogens is 316 g/mol. The predicted molar refractivity (Wildman–Crippen MR) is 94.1 cm³/mol. The number of nitrogens with zero attached hydrogens (tertiary/aromatic N) is 2. The van der Waals surface area contributed by atoms with Gasteiger partial charge in [-0.05, 0) is 6.07 Å². The fraction of sp³-hybridized carbons (Fsp3) is 0.105. The summed E-state index contributed by atoms with van der Waals surface area (Å²) in [5.41, 5.74) is 2.48. The second-order valence-corrected chi connectivity index (χ2v) is 5.63. The average Bonchev–Trinajstić information content (AvgIpc) is 3.29. The minimum atomic E-state index is -0.125. The lowest BCUT2D eigenvalue weighted by Gasteiger charge is -2.02. The number of nitrogens with one attached hydrogen (secondary N) is 2. The molecule has 0 spiro atoms. The van der Waals surface area contributed by atoms with Crippen LogP contribution in [0.25, 0.3) is 22.3 Å². The van der Waals surface area contributed by atoms with Crippen LogP contribution < -0.4 is 5.32 Å². The largest absolute Gasteiger partial charge is 0.360 e. The fourth-order valence-corrected chi connectivity index (χ4v) is 2.70. The van der Waals surface area contributed by atoms with E-state index in [-0.39, 0.29) is 5.91 Å². The molecule has 0 aliphatic carbocycles. The molecule has 0 atom stereocenters. The highest BCUT2D eigenvalue weighted by Crippen LogP contribution is 2.17. The lowest BCUT2D eigenvalue weighted by molar-refractivity contribution is 0.0955. The molecule has 2 aromatic carbocycles. The maximum absolute atomic E-state index is 12.3. The minimum Gasteiger partial charge on any atom is -0.360 e. The van der Waals surface area contributed by atoms with Crippen LogP contribution in [-0.4, -0.2) is 27.6 Å². The molecule has 2 heterocycles. The Balaban J connectivity index is 1.38. The molecule has 0 fully saturated rings. The molecule has 6 heteroatoms. The number of hydrogen-bond acceptors (Lipinski definition) is 4. The quantitative estimate of drug-likeness (QED) is 0.588. The third-order valence-corrected chi connectivity index (χ3v) is 3.96. The van der Waals surface area contributed by atoms with Gasteiger partial charge in [-0.1, -0.05) is 53.7 Å². The van der Waals surface area contributed by atoms with Crippen LogP contribution in [0, 0.1) is 0 Å². The average molecular weight is 332 g/mol. The van der Waals surface area contributed by atoms with E-state index < -0.39 is 0 Å². The number of carbonyl (C=O) groups excluding carboxylic acids is 1. The molecule has 0 radical (unpaired) electrons. The van der Waals surface area contributed by atoms with E-state index in [1.165, 1.54) is 0 Å². The number of H-pyrrole nitrogens is 1. The van der Waals surface area contributed by atoms with Gasteiger partial charge >= 0.3 is 0 Å². The van der Waals surface area contributed by atoms with Gasteiger partial charge in [0.2, 0.25) is 11.7 Å². The smallest absolute Gasteiger partial charge is 0.253 e. The second kappa shape index (κ2) is 6.60. The minimum absolute atomic E-state index is 0.125. The normalized spacial score (nSPS) is 10.9. The first kappa shape index (κ1) is 15.1. The van der Waals surface area contributed by atoms with Gasteiger partial charge in [0.1, 0.15) is 0 Å². The van der Waals surface area contributed by atoms with E-state index in [0.717, 1.165) is 16.5 Å². The highest BCUT2D eigenvalue weighted by atomic mass is 16.5. The van der Waals surface area contributed by atoms with Crippen molar-refractivity contribution >= 4 is 16.8 Å². The molecule has 1 amide bonds. The van der Waals surface area contributed by atoms with Crippen LogP contribution in [-0.2, 0) is 6.42 Å². The van der Waals surface area contributed by atoms with E-state index in [9.17, 15) is 4.79 Å². The zero-order valence-electron chi connectivity index (χ0n) is 13.4. The first-order valence-corrected chi connectivity index (χ1v) is 8.03. The SMILES string of the molecule is O=C(NCCc1nc(-c2ccccc2)no1)c1c[nH]c2ccccc12. The molecule has 0 saturated heterocycles. The summed E-state index contributed by atoms with van der Waals surface area (Å²) in [7, 11) is 0. The van der Waals surface area contributed by atoms with E-state index >= 15 is 0 Å². The molecule has 2 aromatic heterocycles. The summed E-state index contributed by atoms with van der Waals surface area (Å²) in [6, 6.07) is 17.3. The van der Waals surface area contributed by atoms with E-state index in [0.29, 0.717) is 30.2 Å². The number of para-hydroxylation sites is 1. The molecule has 0 aliphatic rings. The molecule has 4 rings (SSSR count). The summed E-state index contributed by atoms with van der Waals surface area (Å²) in [5, 5.41) is 7.77. The van der Waals surface area contributed by atoms with Crippen LogP contribution >= 0.6 is 0 Å². The first-order chi connectivity index (χ1) is 12.3. The Hall–Kier alpha value is -3.41. The third-order valence-electron chi connectivity index (χ3n) is 3.96. The van der Waals surface area contributed by atoms with Crippen LogP contribution in [0.3, 0.4) is 0 Å². The molecule has 0 aliphatic heterocycles. The van der Waals surface area contributed by atoms with Gasteiger partial charge in [0.15, 0.2) is 0 Å². The third kappa shape index (κ3) is 3.14. The lowest BCUT2D eigenvalue weighted by Crippen LogP contribution is -2.25. The van der Waals surface area contributed by atoms with E-state index in [2.05, 4.69) is 20.4 Å². The zero-order valence-corrected chi connectivity index (χ0v) is 13.4. The Labute approximate surface area is 143 Å². The zero-order chi connectivity index (χ0) is 17.1. The number of benzene rings is 2. The summed E-state index contributed by atoms with van der Waals surface area (Å²) >= 11 is 0. The monoisotopic (exact) mass is 332 g/mol. The number of hydrogen-bond donors (Lipinski definition) is 2. The summed E-state index contributed by atoms with van der Waals surface area (Å²) in [6.45, 7) is 0.425. The molecular formula is C19H16N4O2. The van der Waals surface area contributed by atoms with Gasteiger partial charge in [-0.2, -0.15) is 4.98 Å². The van der Waals surface area contributed by atoms with Gasteiger partial charge in [0.05, 0.1) is 5.56 Å². The van der Waals surface area contributed by atoms with Crippen LogP contribution in [0.15, 0.2) is 65.3 Å². The topological polar surface area (TPSA) is 83.8 Å². The van der Waals surface area contributed by atoms with Crippen molar-refractivity contribution in [3.05, 3.63) is 72.2 Å². The van der Waals surface area contributed by atoms with Gasteiger partial charge < -0.3 is 14.8 Å². The van der Waals surface area contributed by atoms with Gasteiger partial charge in [-0.15, -0.1) is 0 Å². The number of aromatic nitrogens is 3. The van der Waals surface area contributed by atoms with Crippen LogP contribution in [0.2, 0.25) is 0 Å². The summed E-state index contributed by atoms with van der Waals surface area (Å²) in [4.78, 5) is 19.8. The van der Waals surface area contributed by atoms with Gasteiger partial charge in [-0.25, -0.2) is 0 Å². The molecule has 25 heavy (non-hydrogen) atoms.